The van der Waals surface area contributed by atoms with Gasteiger partial charge in [0.15, 0.2) is 11.6 Å². The van der Waals surface area contributed by atoms with Gasteiger partial charge in [-0.3, -0.25) is 0 Å². The second-order valence-electron chi connectivity index (χ2n) is 2.86. The highest BCUT2D eigenvalue weighted by atomic mass is 19.1. The summed E-state index contributed by atoms with van der Waals surface area (Å²) in [6, 6.07) is 2.83. The molecule has 0 aliphatic heterocycles. The van der Waals surface area contributed by atoms with Crippen LogP contribution in [0.5, 0.6) is 5.75 Å². The summed E-state index contributed by atoms with van der Waals surface area (Å²) in [5.41, 5.74) is 0.859. The van der Waals surface area contributed by atoms with Crippen molar-refractivity contribution in [1.29, 1.82) is 0 Å². The summed E-state index contributed by atoms with van der Waals surface area (Å²) in [6.45, 7) is 3.18. The first kappa shape index (κ1) is 9.00. The van der Waals surface area contributed by atoms with Crippen LogP contribution in [0, 0.1) is 12.7 Å². The van der Waals surface area contributed by atoms with Gasteiger partial charge in [-0.25, -0.2) is 4.39 Å². The van der Waals surface area contributed by atoms with Crippen molar-refractivity contribution in [2.75, 3.05) is 0 Å². The summed E-state index contributed by atoms with van der Waals surface area (Å²) < 4.78 is 13.0. The molecular formula is C9H11FO2. The molecule has 66 valence electrons. The van der Waals surface area contributed by atoms with Gasteiger partial charge in [0.1, 0.15) is 0 Å². The molecule has 2 N–H and O–H groups in total. The molecule has 0 bridgehead atoms. The maximum absolute atomic E-state index is 13.0. The Labute approximate surface area is 70.3 Å². The molecule has 0 saturated heterocycles. The molecule has 0 saturated carbocycles. The van der Waals surface area contributed by atoms with Crippen LogP contribution < -0.4 is 0 Å². The zero-order chi connectivity index (χ0) is 9.30. The van der Waals surface area contributed by atoms with Gasteiger partial charge in [0, 0.05) is 5.56 Å². The van der Waals surface area contributed by atoms with Crippen molar-refractivity contribution in [3.8, 4) is 5.75 Å². The Kier molecular flexibility index (Phi) is 2.33. The molecule has 0 spiro atoms. The lowest BCUT2D eigenvalue weighted by atomic mass is 10.1. The number of phenols is 1. The molecule has 0 amide bonds. The standard InChI is InChI=1S/C9H11FO2/c1-5-3-7(6(2)11)9(10)8(12)4-5/h3-4,6,11-12H,1-2H3. The van der Waals surface area contributed by atoms with Crippen molar-refractivity contribution < 1.29 is 14.6 Å². The van der Waals surface area contributed by atoms with E-state index in [1.165, 1.54) is 19.1 Å². The summed E-state index contributed by atoms with van der Waals surface area (Å²) in [6.07, 6.45) is -0.893. The predicted molar refractivity (Wildman–Crippen MR) is 43.4 cm³/mol. The molecular weight excluding hydrogens is 159 g/mol. The molecule has 0 heterocycles. The molecule has 0 aliphatic carbocycles. The van der Waals surface area contributed by atoms with Gasteiger partial charge in [-0.15, -0.1) is 0 Å². The molecule has 2 nitrogen and oxygen atoms in total. The zero-order valence-corrected chi connectivity index (χ0v) is 7.00. The number of hydrogen-bond donors (Lipinski definition) is 2. The summed E-state index contributed by atoms with van der Waals surface area (Å²) in [5.74, 6) is -1.15. The Bertz CT molecular complexity index is 295. The van der Waals surface area contributed by atoms with Gasteiger partial charge >= 0.3 is 0 Å². The van der Waals surface area contributed by atoms with Crippen LogP contribution in [-0.2, 0) is 0 Å². The Morgan fingerprint density at radius 1 is 1.42 bits per heavy atom. The van der Waals surface area contributed by atoms with Crippen molar-refractivity contribution in [2.24, 2.45) is 0 Å². The van der Waals surface area contributed by atoms with Crippen LogP contribution in [0.25, 0.3) is 0 Å². The smallest absolute Gasteiger partial charge is 0.170 e. The van der Waals surface area contributed by atoms with Crippen LogP contribution in [0.15, 0.2) is 12.1 Å². The monoisotopic (exact) mass is 170 g/mol. The summed E-state index contributed by atoms with van der Waals surface area (Å²) in [7, 11) is 0. The molecule has 12 heavy (non-hydrogen) atoms. The number of aliphatic hydroxyl groups is 1. The van der Waals surface area contributed by atoms with Crippen molar-refractivity contribution in [1.82, 2.24) is 0 Å². The maximum atomic E-state index is 13.0. The molecule has 0 aliphatic rings. The van der Waals surface area contributed by atoms with Gasteiger partial charge in [0.25, 0.3) is 0 Å². The number of aromatic hydroxyl groups is 1. The molecule has 0 fully saturated rings. The van der Waals surface area contributed by atoms with Crippen LogP contribution in [-0.4, -0.2) is 10.2 Å². The Balaban J connectivity index is 3.28. The fraction of sp³-hybridized carbons (Fsp3) is 0.333. The van der Waals surface area contributed by atoms with E-state index in [2.05, 4.69) is 0 Å². The van der Waals surface area contributed by atoms with Crippen LogP contribution in [0.3, 0.4) is 0 Å². The summed E-state index contributed by atoms with van der Waals surface area (Å²) in [5, 5.41) is 18.1. The predicted octanol–water partition coefficient (Wildman–Crippen LogP) is 1.89. The zero-order valence-electron chi connectivity index (χ0n) is 7.00. The van der Waals surface area contributed by atoms with E-state index in [4.69, 9.17) is 10.2 Å². The number of benzene rings is 1. The van der Waals surface area contributed by atoms with E-state index < -0.39 is 17.7 Å². The molecule has 0 aromatic heterocycles. The second-order valence-corrected chi connectivity index (χ2v) is 2.86. The van der Waals surface area contributed by atoms with Gasteiger partial charge in [-0.2, -0.15) is 0 Å². The van der Waals surface area contributed by atoms with E-state index in [-0.39, 0.29) is 5.56 Å². The minimum atomic E-state index is -0.893. The van der Waals surface area contributed by atoms with Crippen LogP contribution in [0.2, 0.25) is 0 Å². The van der Waals surface area contributed by atoms with Gasteiger partial charge < -0.3 is 10.2 Å². The number of aryl methyl sites for hydroxylation is 1. The molecule has 3 heteroatoms. The van der Waals surface area contributed by atoms with Gasteiger partial charge in [0.05, 0.1) is 6.10 Å². The lowest BCUT2D eigenvalue weighted by Gasteiger charge is -2.08. The van der Waals surface area contributed by atoms with E-state index in [0.717, 1.165) is 5.56 Å². The minimum Gasteiger partial charge on any atom is -0.505 e. The third-order valence-corrected chi connectivity index (χ3v) is 1.68. The van der Waals surface area contributed by atoms with Gasteiger partial charge in [0.2, 0.25) is 0 Å². The quantitative estimate of drug-likeness (QED) is 0.675. The normalized spacial score (nSPS) is 13.0. The number of hydrogen-bond acceptors (Lipinski definition) is 2. The summed E-state index contributed by atoms with van der Waals surface area (Å²) in [4.78, 5) is 0. The summed E-state index contributed by atoms with van der Waals surface area (Å²) >= 11 is 0. The molecule has 1 unspecified atom stereocenters. The average Bonchev–Trinajstić information content (AvgIpc) is 1.96. The maximum Gasteiger partial charge on any atom is 0.170 e. The van der Waals surface area contributed by atoms with Crippen LogP contribution in [0.1, 0.15) is 24.2 Å². The number of halogens is 1. The third-order valence-electron chi connectivity index (χ3n) is 1.68. The van der Waals surface area contributed by atoms with Crippen molar-refractivity contribution in [2.45, 2.75) is 20.0 Å². The minimum absolute atomic E-state index is 0.132. The van der Waals surface area contributed by atoms with Crippen LogP contribution in [0.4, 0.5) is 4.39 Å². The Hall–Kier alpha value is -1.09. The first-order valence-electron chi connectivity index (χ1n) is 3.69. The Morgan fingerprint density at radius 2 is 2.00 bits per heavy atom. The second kappa shape index (κ2) is 3.11. The Morgan fingerprint density at radius 3 is 2.50 bits per heavy atom. The van der Waals surface area contributed by atoms with E-state index >= 15 is 0 Å². The SMILES string of the molecule is Cc1cc(O)c(F)c(C(C)O)c1. The molecule has 1 aromatic carbocycles. The number of aliphatic hydroxyl groups excluding tert-OH is 1. The average molecular weight is 170 g/mol. The van der Waals surface area contributed by atoms with E-state index in [1.807, 2.05) is 0 Å². The molecule has 1 rings (SSSR count). The topological polar surface area (TPSA) is 40.5 Å². The largest absolute Gasteiger partial charge is 0.505 e. The van der Waals surface area contributed by atoms with Crippen molar-refractivity contribution in [3.63, 3.8) is 0 Å². The van der Waals surface area contributed by atoms with Crippen molar-refractivity contribution >= 4 is 0 Å². The molecule has 1 aromatic rings. The van der Waals surface area contributed by atoms with Gasteiger partial charge in [-0.05, 0) is 25.5 Å². The van der Waals surface area contributed by atoms with E-state index in [0.29, 0.717) is 0 Å². The van der Waals surface area contributed by atoms with E-state index in [1.54, 1.807) is 6.92 Å². The third kappa shape index (κ3) is 1.56. The fourth-order valence-electron chi connectivity index (χ4n) is 1.08. The van der Waals surface area contributed by atoms with Crippen molar-refractivity contribution in [3.05, 3.63) is 29.1 Å². The highest BCUT2D eigenvalue weighted by Gasteiger charge is 2.12. The van der Waals surface area contributed by atoms with Gasteiger partial charge in [-0.1, -0.05) is 6.07 Å². The van der Waals surface area contributed by atoms with Crippen LogP contribution >= 0.6 is 0 Å². The number of phenolic OH excluding ortho intramolecular Hbond substituents is 1. The fourth-order valence-corrected chi connectivity index (χ4v) is 1.08. The molecule has 1 atom stereocenters. The lowest BCUT2D eigenvalue weighted by Crippen LogP contribution is -1.96. The lowest BCUT2D eigenvalue weighted by molar-refractivity contribution is 0.193. The molecule has 0 radical (unpaired) electrons. The first-order valence-corrected chi connectivity index (χ1v) is 3.69. The highest BCUT2D eigenvalue weighted by Crippen LogP contribution is 2.25. The van der Waals surface area contributed by atoms with E-state index in [9.17, 15) is 4.39 Å². The highest BCUT2D eigenvalue weighted by molar-refractivity contribution is 5.35. The first-order chi connectivity index (χ1) is 5.52. The number of rotatable bonds is 1.